The monoisotopic (exact) mass is 592 g/mol. The van der Waals surface area contributed by atoms with Crippen LogP contribution in [0.25, 0.3) is 6.08 Å². The number of benzene rings is 3. The van der Waals surface area contributed by atoms with Crippen molar-refractivity contribution in [1.82, 2.24) is 5.32 Å². The standard InChI is InChI=1S/C28H21Cl2F3N2O5/c1-14-4-5-16(8-15(14)2)13-40-24-21(30)10-17(11-23(24)39-3)9-19-25(36)34-27(38)35(26(19)37)22-12-18(28(31,32)33)6-7-20(22)29/h4-12H,13H2,1-3H3,(H,34,36,38)/b19-9-. The van der Waals surface area contributed by atoms with Crippen LogP contribution < -0.4 is 19.7 Å². The molecule has 12 heteroatoms. The van der Waals surface area contributed by atoms with Gasteiger partial charge < -0.3 is 9.47 Å². The van der Waals surface area contributed by atoms with Gasteiger partial charge in [0.15, 0.2) is 11.5 Å². The molecule has 7 nitrogen and oxygen atoms in total. The molecule has 4 amide bonds. The zero-order valence-electron chi connectivity index (χ0n) is 21.3. The molecule has 1 N–H and O–H groups in total. The number of carbonyl (C=O) groups excluding carboxylic acids is 3. The summed E-state index contributed by atoms with van der Waals surface area (Å²) in [5, 5.41) is 1.74. The SMILES string of the molecule is COc1cc(/C=C2/C(=O)NC(=O)N(c3cc(C(F)(F)F)ccc3Cl)C2=O)cc(Cl)c1OCc1ccc(C)c(C)c1. The predicted molar refractivity (Wildman–Crippen MR) is 144 cm³/mol. The number of amides is 4. The Morgan fingerprint density at radius 2 is 1.68 bits per heavy atom. The van der Waals surface area contributed by atoms with Crippen LogP contribution in [0.5, 0.6) is 11.5 Å². The minimum Gasteiger partial charge on any atom is -0.493 e. The van der Waals surface area contributed by atoms with Crippen molar-refractivity contribution in [3.8, 4) is 11.5 Å². The molecule has 1 aliphatic heterocycles. The van der Waals surface area contributed by atoms with Gasteiger partial charge in [0.2, 0.25) is 0 Å². The average Bonchev–Trinajstić information content (AvgIpc) is 2.87. The summed E-state index contributed by atoms with van der Waals surface area (Å²) in [6, 6.07) is 9.63. The maximum absolute atomic E-state index is 13.3. The molecule has 1 fully saturated rings. The smallest absolute Gasteiger partial charge is 0.416 e. The molecule has 40 heavy (non-hydrogen) atoms. The first kappa shape index (κ1) is 29.0. The van der Waals surface area contributed by atoms with Crippen LogP contribution in [0.15, 0.2) is 54.1 Å². The van der Waals surface area contributed by atoms with Gasteiger partial charge in [-0.05, 0) is 72.5 Å². The average molecular weight is 593 g/mol. The molecule has 0 bridgehead atoms. The zero-order valence-corrected chi connectivity index (χ0v) is 22.8. The summed E-state index contributed by atoms with van der Waals surface area (Å²) >= 11 is 12.5. The fraction of sp³-hybridized carbons (Fsp3) is 0.179. The maximum atomic E-state index is 13.3. The summed E-state index contributed by atoms with van der Waals surface area (Å²) in [5.41, 5.74) is 1.13. The first-order valence-corrected chi connectivity index (χ1v) is 12.4. The van der Waals surface area contributed by atoms with Crippen molar-refractivity contribution in [2.45, 2.75) is 26.6 Å². The highest BCUT2D eigenvalue weighted by Gasteiger charge is 2.39. The molecular weight excluding hydrogens is 572 g/mol. The predicted octanol–water partition coefficient (Wildman–Crippen LogP) is 6.88. The molecule has 0 aromatic heterocycles. The van der Waals surface area contributed by atoms with E-state index in [0.717, 1.165) is 28.8 Å². The van der Waals surface area contributed by atoms with Crippen LogP contribution in [0.4, 0.5) is 23.7 Å². The molecule has 3 aromatic rings. The number of nitrogens with one attached hydrogen (secondary N) is 1. The molecule has 0 spiro atoms. The Bertz CT molecular complexity index is 1570. The van der Waals surface area contributed by atoms with E-state index in [1.54, 1.807) is 0 Å². The van der Waals surface area contributed by atoms with Gasteiger partial charge in [-0.25, -0.2) is 9.69 Å². The Morgan fingerprint density at radius 3 is 2.33 bits per heavy atom. The third-order valence-corrected chi connectivity index (χ3v) is 6.73. The van der Waals surface area contributed by atoms with Gasteiger partial charge in [0.25, 0.3) is 11.8 Å². The van der Waals surface area contributed by atoms with E-state index < -0.39 is 40.8 Å². The summed E-state index contributed by atoms with van der Waals surface area (Å²) in [6.45, 7) is 4.16. The number of hydrogen-bond donors (Lipinski definition) is 1. The number of carbonyl (C=O) groups is 3. The van der Waals surface area contributed by atoms with Crippen molar-refractivity contribution in [3.63, 3.8) is 0 Å². The lowest BCUT2D eigenvalue weighted by Gasteiger charge is -2.27. The van der Waals surface area contributed by atoms with E-state index in [-0.39, 0.29) is 33.7 Å². The van der Waals surface area contributed by atoms with Gasteiger partial charge in [0.05, 0.1) is 28.4 Å². The lowest BCUT2D eigenvalue weighted by molar-refractivity contribution is -0.137. The highest BCUT2D eigenvalue weighted by atomic mass is 35.5. The molecule has 0 radical (unpaired) electrons. The van der Waals surface area contributed by atoms with E-state index in [9.17, 15) is 27.6 Å². The molecule has 208 valence electrons. The molecule has 1 saturated heterocycles. The molecule has 0 unspecified atom stereocenters. The number of anilines is 1. The summed E-state index contributed by atoms with van der Waals surface area (Å²) in [7, 11) is 1.37. The Labute approximate surface area is 237 Å². The van der Waals surface area contributed by atoms with Gasteiger partial charge >= 0.3 is 12.2 Å². The van der Waals surface area contributed by atoms with E-state index in [1.807, 2.05) is 37.4 Å². The molecule has 0 atom stereocenters. The van der Waals surface area contributed by atoms with Crippen molar-refractivity contribution in [1.29, 1.82) is 0 Å². The summed E-state index contributed by atoms with van der Waals surface area (Å²) < 4.78 is 51.1. The number of urea groups is 1. The van der Waals surface area contributed by atoms with E-state index in [2.05, 4.69) is 0 Å². The van der Waals surface area contributed by atoms with Gasteiger partial charge in [-0.15, -0.1) is 0 Å². The fourth-order valence-electron chi connectivity index (χ4n) is 3.92. The van der Waals surface area contributed by atoms with E-state index in [4.69, 9.17) is 32.7 Å². The lowest BCUT2D eigenvalue weighted by Crippen LogP contribution is -2.54. The van der Waals surface area contributed by atoms with Crippen molar-refractivity contribution in [3.05, 3.63) is 92.0 Å². The topological polar surface area (TPSA) is 84.9 Å². The van der Waals surface area contributed by atoms with Gasteiger partial charge in [-0.2, -0.15) is 13.2 Å². The maximum Gasteiger partial charge on any atom is 0.416 e. The molecule has 1 aliphatic rings. The van der Waals surface area contributed by atoms with Crippen LogP contribution in [0.1, 0.15) is 27.8 Å². The third kappa shape index (κ3) is 5.93. The van der Waals surface area contributed by atoms with Gasteiger partial charge in [0.1, 0.15) is 12.2 Å². The van der Waals surface area contributed by atoms with Crippen LogP contribution in [-0.4, -0.2) is 25.0 Å². The van der Waals surface area contributed by atoms with Crippen molar-refractivity contribution < 1.29 is 37.0 Å². The number of imide groups is 2. The van der Waals surface area contributed by atoms with Crippen LogP contribution in [0.3, 0.4) is 0 Å². The van der Waals surface area contributed by atoms with Gasteiger partial charge in [0, 0.05) is 0 Å². The van der Waals surface area contributed by atoms with Gasteiger partial charge in [-0.1, -0.05) is 41.4 Å². The zero-order chi connectivity index (χ0) is 29.4. The molecule has 0 saturated carbocycles. The van der Waals surface area contributed by atoms with Crippen LogP contribution >= 0.6 is 23.2 Å². The number of alkyl halides is 3. The molecule has 3 aromatic carbocycles. The molecular formula is C28H21Cl2F3N2O5. The van der Waals surface area contributed by atoms with Crippen molar-refractivity contribution in [2.75, 3.05) is 12.0 Å². The fourth-order valence-corrected chi connectivity index (χ4v) is 4.39. The second-order valence-electron chi connectivity index (χ2n) is 8.86. The minimum absolute atomic E-state index is 0.104. The minimum atomic E-state index is -4.77. The van der Waals surface area contributed by atoms with Crippen LogP contribution in [0, 0.1) is 13.8 Å². The third-order valence-electron chi connectivity index (χ3n) is 6.13. The van der Waals surface area contributed by atoms with Crippen LogP contribution in [-0.2, 0) is 22.4 Å². The first-order valence-electron chi connectivity index (χ1n) is 11.6. The summed E-state index contributed by atoms with van der Waals surface area (Å²) in [6.07, 6.45) is -3.64. The van der Waals surface area contributed by atoms with Crippen molar-refractivity contribution in [2.24, 2.45) is 0 Å². The Morgan fingerprint density at radius 1 is 0.950 bits per heavy atom. The number of ether oxygens (including phenoxy) is 2. The highest BCUT2D eigenvalue weighted by molar-refractivity contribution is 6.42. The van der Waals surface area contributed by atoms with E-state index >= 15 is 0 Å². The number of hydrogen-bond acceptors (Lipinski definition) is 5. The second-order valence-corrected chi connectivity index (χ2v) is 9.68. The van der Waals surface area contributed by atoms with Gasteiger partial charge in [-0.3, -0.25) is 14.9 Å². The number of rotatable bonds is 6. The second kappa shape index (κ2) is 11.2. The van der Waals surface area contributed by atoms with Crippen LogP contribution in [0.2, 0.25) is 10.0 Å². The Hall–Kier alpha value is -4.02. The lowest BCUT2D eigenvalue weighted by atomic mass is 10.1. The molecule has 0 aliphatic carbocycles. The number of nitrogens with zero attached hydrogens (tertiary/aromatic N) is 1. The first-order chi connectivity index (χ1) is 18.8. The largest absolute Gasteiger partial charge is 0.493 e. The quantitative estimate of drug-likeness (QED) is 0.249. The summed E-state index contributed by atoms with van der Waals surface area (Å²) in [5.74, 6) is -1.82. The summed E-state index contributed by atoms with van der Waals surface area (Å²) in [4.78, 5) is 38.7. The van der Waals surface area contributed by atoms with E-state index in [1.165, 1.54) is 19.2 Å². The van der Waals surface area contributed by atoms with Crippen molar-refractivity contribution >= 4 is 52.8 Å². The number of barbiturate groups is 1. The Balaban J connectivity index is 1.67. The molecule has 4 rings (SSSR count). The Kier molecular flexibility index (Phi) is 8.13. The highest BCUT2D eigenvalue weighted by Crippen LogP contribution is 2.39. The number of aryl methyl sites for hydroxylation is 2. The van der Waals surface area contributed by atoms with E-state index in [0.29, 0.717) is 17.0 Å². The normalized spacial score (nSPS) is 14.9. The molecule has 1 heterocycles. The number of halogens is 5. The number of methoxy groups -OCH3 is 1.